The molecule has 7 heteroatoms. The highest BCUT2D eigenvalue weighted by atomic mass is 16.5. The number of methoxy groups -OCH3 is 2. The summed E-state index contributed by atoms with van der Waals surface area (Å²) >= 11 is 0. The Morgan fingerprint density at radius 2 is 1.86 bits per heavy atom. The van der Waals surface area contributed by atoms with Crippen molar-refractivity contribution in [2.75, 3.05) is 14.2 Å². The minimum Gasteiger partial charge on any atom is -0.508 e. The molecule has 1 amide bonds. The third kappa shape index (κ3) is 5.54. The average molecular weight is 380 g/mol. The first-order chi connectivity index (χ1) is 13.5. The van der Waals surface area contributed by atoms with E-state index in [1.165, 1.54) is 37.5 Å². The first-order valence-electron chi connectivity index (χ1n) is 8.27. The maximum absolute atomic E-state index is 12.3. The number of nitrogens with one attached hydrogen (secondary N) is 1. The molecule has 2 rings (SSSR count). The van der Waals surface area contributed by atoms with Crippen LogP contribution in [0.2, 0.25) is 0 Å². The summed E-state index contributed by atoms with van der Waals surface area (Å²) in [6.45, 7) is 0.155. The van der Waals surface area contributed by atoms with Crippen LogP contribution >= 0.6 is 0 Å². The Morgan fingerprint density at radius 3 is 2.46 bits per heavy atom. The van der Waals surface area contributed by atoms with Crippen LogP contribution in [0.25, 0.3) is 6.08 Å². The molecule has 28 heavy (non-hydrogen) atoms. The predicted molar refractivity (Wildman–Crippen MR) is 104 cm³/mol. The summed E-state index contributed by atoms with van der Waals surface area (Å²) in [6.07, 6.45) is 4.38. The number of allylic oxidation sites excluding steroid dienone is 2. The number of hydrogen-bond donors (Lipinski definition) is 3. The zero-order valence-corrected chi connectivity index (χ0v) is 15.5. The van der Waals surface area contributed by atoms with E-state index in [2.05, 4.69) is 5.32 Å². The Morgan fingerprint density at radius 1 is 1.14 bits per heavy atom. The normalized spacial score (nSPS) is 11.1. The molecule has 3 N–H and O–H groups in total. The van der Waals surface area contributed by atoms with Gasteiger partial charge >= 0.3 is 0 Å². The second kappa shape index (κ2) is 9.69. The molecule has 0 saturated heterocycles. The van der Waals surface area contributed by atoms with E-state index in [1.807, 2.05) is 6.07 Å². The molecular formula is C21H20N2O5. The van der Waals surface area contributed by atoms with Crippen molar-refractivity contribution in [3.8, 4) is 29.1 Å². The highest BCUT2D eigenvalue weighted by Gasteiger charge is 2.10. The Bertz CT molecular complexity index is 938. The van der Waals surface area contributed by atoms with Crippen LogP contribution in [-0.2, 0) is 11.3 Å². The van der Waals surface area contributed by atoms with Crippen LogP contribution in [0.4, 0.5) is 0 Å². The van der Waals surface area contributed by atoms with E-state index in [0.29, 0.717) is 22.6 Å². The minimum absolute atomic E-state index is 0.0888. The molecule has 0 aliphatic rings. The first-order valence-corrected chi connectivity index (χ1v) is 8.27. The van der Waals surface area contributed by atoms with E-state index < -0.39 is 5.91 Å². The van der Waals surface area contributed by atoms with Crippen molar-refractivity contribution in [2.45, 2.75) is 6.54 Å². The van der Waals surface area contributed by atoms with Crippen LogP contribution < -0.4 is 14.8 Å². The number of aromatic hydroxyl groups is 2. The van der Waals surface area contributed by atoms with E-state index in [0.717, 1.165) is 0 Å². The average Bonchev–Trinajstić information content (AvgIpc) is 2.68. The van der Waals surface area contributed by atoms with Gasteiger partial charge in [0.25, 0.3) is 5.91 Å². The van der Waals surface area contributed by atoms with Gasteiger partial charge in [-0.15, -0.1) is 0 Å². The standard InChI is InChI=1S/C21H20N2O5/c1-27-19-6-7-20(28-2)16(10-19)13-23-21(26)15(12-22)5-3-4-14-8-17(24)11-18(25)9-14/h3-11,24-25H,13H2,1-2H3,(H,23,26)/b4-3+,15-5+. The third-order valence-corrected chi connectivity index (χ3v) is 3.77. The van der Waals surface area contributed by atoms with Crippen LogP contribution in [0.5, 0.6) is 23.0 Å². The molecule has 0 saturated carbocycles. The van der Waals surface area contributed by atoms with Crippen LogP contribution in [0.3, 0.4) is 0 Å². The number of rotatable bonds is 7. The molecule has 0 aromatic heterocycles. The summed E-state index contributed by atoms with van der Waals surface area (Å²) in [5.41, 5.74) is 1.13. The van der Waals surface area contributed by atoms with Gasteiger partial charge in [-0.1, -0.05) is 12.2 Å². The molecule has 0 aliphatic heterocycles. The lowest BCUT2D eigenvalue weighted by Crippen LogP contribution is -2.24. The number of hydrogen-bond acceptors (Lipinski definition) is 6. The van der Waals surface area contributed by atoms with Gasteiger partial charge in [-0.3, -0.25) is 4.79 Å². The quantitative estimate of drug-likeness (QED) is 0.387. The van der Waals surface area contributed by atoms with Crippen molar-refractivity contribution >= 4 is 12.0 Å². The molecule has 0 aliphatic carbocycles. The SMILES string of the molecule is COc1ccc(OC)c(CNC(=O)/C(C#N)=C/C=C/c2cc(O)cc(O)c2)c1. The molecule has 0 spiro atoms. The number of phenolic OH excluding ortho intramolecular Hbond substituents is 2. The molecule has 144 valence electrons. The molecule has 0 atom stereocenters. The zero-order chi connectivity index (χ0) is 20.5. The maximum atomic E-state index is 12.3. The van der Waals surface area contributed by atoms with Gasteiger partial charge in [0.1, 0.15) is 34.6 Å². The van der Waals surface area contributed by atoms with E-state index in [-0.39, 0.29) is 23.6 Å². The number of ether oxygens (including phenoxy) is 2. The van der Waals surface area contributed by atoms with E-state index in [9.17, 15) is 20.3 Å². The van der Waals surface area contributed by atoms with E-state index in [4.69, 9.17) is 9.47 Å². The second-order valence-electron chi connectivity index (χ2n) is 5.69. The number of nitrogens with zero attached hydrogens (tertiary/aromatic N) is 1. The monoisotopic (exact) mass is 380 g/mol. The molecule has 0 radical (unpaired) electrons. The van der Waals surface area contributed by atoms with Crippen LogP contribution in [0.1, 0.15) is 11.1 Å². The summed E-state index contributed by atoms with van der Waals surface area (Å²) in [4.78, 5) is 12.3. The summed E-state index contributed by atoms with van der Waals surface area (Å²) in [5, 5.41) is 30.8. The molecule has 2 aromatic rings. The molecule has 7 nitrogen and oxygen atoms in total. The highest BCUT2D eigenvalue weighted by molar-refractivity contribution is 5.97. The third-order valence-electron chi connectivity index (χ3n) is 3.77. The van der Waals surface area contributed by atoms with Gasteiger partial charge < -0.3 is 25.0 Å². The van der Waals surface area contributed by atoms with Gasteiger partial charge in [-0.25, -0.2) is 0 Å². The lowest BCUT2D eigenvalue weighted by Gasteiger charge is -2.11. The number of phenols is 2. The Balaban J connectivity index is 2.08. The number of amides is 1. The van der Waals surface area contributed by atoms with Gasteiger partial charge in [0.2, 0.25) is 0 Å². The Kier molecular flexibility index (Phi) is 7.06. The topological polar surface area (TPSA) is 112 Å². The van der Waals surface area contributed by atoms with Crippen molar-refractivity contribution in [2.24, 2.45) is 0 Å². The summed E-state index contributed by atoms with van der Waals surface area (Å²) < 4.78 is 10.4. The lowest BCUT2D eigenvalue weighted by atomic mass is 10.1. The maximum Gasteiger partial charge on any atom is 0.262 e. The molecule has 0 heterocycles. The molecule has 0 bridgehead atoms. The van der Waals surface area contributed by atoms with Crippen molar-refractivity contribution in [1.82, 2.24) is 5.32 Å². The smallest absolute Gasteiger partial charge is 0.262 e. The lowest BCUT2D eigenvalue weighted by molar-refractivity contribution is -0.117. The van der Waals surface area contributed by atoms with E-state index >= 15 is 0 Å². The number of carbonyl (C=O) groups excluding carboxylic acids is 1. The van der Waals surface area contributed by atoms with Gasteiger partial charge in [-0.2, -0.15) is 5.26 Å². The van der Waals surface area contributed by atoms with Gasteiger partial charge in [0.05, 0.1) is 14.2 Å². The first kappa shape index (κ1) is 20.4. The fraction of sp³-hybridized carbons (Fsp3) is 0.143. The second-order valence-corrected chi connectivity index (χ2v) is 5.69. The van der Waals surface area contributed by atoms with Crippen molar-refractivity contribution in [1.29, 1.82) is 5.26 Å². The van der Waals surface area contributed by atoms with Crippen molar-refractivity contribution < 1.29 is 24.5 Å². The molecule has 2 aromatic carbocycles. The summed E-state index contributed by atoms with van der Waals surface area (Å²) in [6, 6.07) is 11.1. The number of carbonyl (C=O) groups is 1. The Hall–Kier alpha value is -3.92. The summed E-state index contributed by atoms with van der Waals surface area (Å²) in [5.74, 6) is 0.490. The van der Waals surface area contributed by atoms with Crippen molar-refractivity contribution in [3.63, 3.8) is 0 Å². The van der Waals surface area contributed by atoms with Crippen LogP contribution in [-0.4, -0.2) is 30.3 Å². The summed E-state index contributed by atoms with van der Waals surface area (Å²) in [7, 11) is 3.07. The fourth-order valence-electron chi connectivity index (χ4n) is 2.42. The zero-order valence-electron chi connectivity index (χ0n) is 15.5. The van der Waals surface area contributed by atoms with Crippen LogP contribution in [0, 0.1) is 11.3 Å². The molecule has 0 unspecified atom stereocenters. The number of benzene rings is 2. The minimum atomic E-state index is -0.546. The Labute approximate surface area is 162 Å². The number of nitriles is 1. The highest BCUT2D eigenvalue weighted by Crippen LogP contribution is 2.24. The van der Waals surface area contributed by atoms with Crippen LogP contribution in [0.15, 0.2) is 54.1 Å². The van der Waals surface area contributed by atoms with Gasteiger partial charge in [0.15, 0.2) is 0 Å². The van der Waals surface area contributed by atoms with Crippen molar-refractivity contribution in [3.05, 3.63) is 65.3 Å². The molecule has 0 fully saturated rings. The molecular weight excluding hydrogens is 360 g/mol. The fourth-order valence-corrected chi connectivity index (χ4v) is 2.42. The van der Waals surface area contributed by atoms with Gasteiger partial charge in [-0.05, 0) is 42.0 Å². The van der Waals surface area contributed by atoms with Gasteiger partial charge in [0, 0.05) is 18.2 Å². The predicted octanol–water partition coefficient (Wildman–Crippen LogP) is 2.89. The van der Waals surface area contributed by atoms with E-state index in [1.54, 1.807) is 31.4 Å². The largest absolute Gasteiger partial charge is 0.508 e.